The molecule has 454 valence electrons. The van der Waals surface area contributed by atoms with Crippen LogP contribution in [0.4, 0.5) is 0 Å². The number of hydrogen-bond acceptors (Lipinski definition) is 13. The van der Waals surface area contributed by atoms with Crippen molar-refractivity contribution in [2.45, 2.75) is 132 Å². The fraction of sp³-hybridized carbons (Fsp3) is 0.567. The zero-order valence-electron chi connectivity index (χ0n) is 50.4. The molecule has 0 saturated heterocycles. The number of carbonyl (C=O) groups is 5. The van der Waals surface area contributed by atoms with Crippen LogP contribution in [0, 0.1) is 17.8 Å². The zero-order chi connectivity index (χ0) is 60.7. The molecule has 1 aromatic heterocycles. The lowest BCUT2D eigenvalue weighted by Crippen LogP contribution is -2.53. The average Bonchev–Trinajstić information content (AvgIpc) is 3.40. The van der Waals surface area contributed by atoms with Gasteiger partial charge in [0, 0.05) is 63.7 Å². The molecule has 4 rings (SSSR count). The quantitative estimate of drug-likeness (QED) is 0.0202. The molecule has 0 aliphatic carbocycles. The molecule has 0 bridgehead atoms. The van der Waals surface area contributed by atoms with Crippen molar-refractivity contribution >= 4 is 63.7 Å². The van der Waals surface area contributed by atoms with Crippen LogP contribution >= 0.6 is 12.1 Å². The van der Waals surface area contributed by atoms with Gasteiger partial charge in [-0.05, 0) is 80.8 Å². The number of aliphatic hydroxyl groups excluding tert-OH is 2. The molecule has 0 aliphatic heterocycles. The van der Waals surface area contributed by atoms with Gasteiger partial charge in [0.05, 0.1) is 49.4 Å². The third-order valence-electron chi connectivity index (χ3n) is 11.1. The van der Waals surface area contributed by atoms with E-state index in [2.05, 4.69) is 94.2 Å². The van der Waals surface area contributed by atoms with Crippen LogP contribution < -0.4 is 36.4 Å². The number of likely N-dealkylation sites (N-methyl/N-ethyl adjacent to an activating group) is 1. The van der Waals surface area contributed by atoms with Crippen LogP contribution in [0.2, 0.25) is 0 Å². The van der Waals surface area contributed by atoms with E-state index in [1.165, 1.54) is 19.1 Å². The first-order valence-electron chi connectivity index (χ1n) is 28.3. The summed E-state index contributed by atoms with van der Waals surface area (Å²) >= 11 is 0.0773. The monoisotopic (exact) mass is 1170 g/mol. The third-order valence-corrected chi connectivity index (χ3v) is 13.2. The van der Waals surface area contributed by atoms with Gasteiger partial charge in [0.2, 0.25) is 23.6 Å². The molecular weight excluding hydrogens is 1070 g/mol. The second-order valence-corrected chi connectivity index (χ2v) is 23.9. The van der Waals surface area contributed by atoms with Crippen LogP contribution in [0.25, 0.3) is 10.9 Å². The fourth-order valence-corrected chi connectivity index (χ4v) is 9.68. The number of primary amides is 1. The second-order valence-electron chi connectivity index (χ2n) is 21.6. The molecule has 0 fully saturated rings. The van der Waals surface area contributed by atoms with Gasteiger partial charge in [0.25, 0.3) is 5.91 Å². The van der Waals surface area contributed by atoms with Crippen molar-refractivity contribution in [3.8, 4) is 0 Å². The molecule has 10 N–H and O–H groups in total. The van der Waals surface area contributed by atoms with E-state index in [9.17, 15) is 38.4 Å². The number of fused-ring (bicyclic) bond motifs is 1. The highest BCUT2D eigenvalue weighted by molar-refractivity contribution is 7.95. The number of nitrogens with zero attached hydrogens (tertiary/aromatic N) is 4. The maximum Gasteiger partial charge on any atom is 0.270 e. The van der Waals surface area contributed by atoms with Crippen molar-refractivity contribution < 1.29 is 38.4 Å². The summed E-state index contributed by atoms with van der Waals surface area (Å²) < 4.78 is 23.1. The molecule has 0 aliphatic rings. The number of nitrogens with two attached hydrogens (primary N) is 1. The largest absolute Gasteiger partial charge is 0.390 e. The van der Waals surface area contributed by atoms with Crippen LogP contribution in [-0.2, 0) is 43.2 Å². The van der Waals surface area contributed by atoms with Gasteiger partial charge in [0.15, 0.2) is 11.2 Å². The summed E-state index contributed by atoms with van der Waals surface area (Å²) in [5, 5.41) is 34.4. The summed E-state index contributed by atoms with van der Waals surface area (Å²) in [6, 6.07) is 29.2. The van der Waals surface area contributed by atoms with Crippen molar-refractivity contribution in [3.05, 3.63) is 114 Å². The summed E-state index contributed by atoms with van der Waals surface area (Å²) in [7, 11) is 3.55. The number of carbonyl (C=O) groups excluding carboxylic acids is 5. The van der Waals surface area contributed by atoms with Crippen LogP contribution in [0.15, 0.2) is 97.1 Å². The Balaban J connectivity index is 0.000000720. The Kier molecular flexibility index (Phi) is 39.4. The molecule has 21 heteroatoms. The Hall–Kier alpha value is -5.36. The van der Waals surface area contributed by atoms with Gasteiger partial charge in [-0.15, -0.1) is 0 Å². The van der Waals surface area contributed by atoms with E-state index in [4.69, 9.17) is 0 Å². The van der Waals surface area contributed by atoms with E-state index in [0.717, 1.165) is 61.2 Å². The number of hydrogen-bond donors (Lipinski definition) is 9. The molecule has 5 amide bonds. The van der Waals surface area contributed by atoms with Gasteiger partial charge in [-0.1, -0.05) is 160 Å². The maximum absolute atomic E-state index is 12.9. The first-order valence-corrected chi connectivity index (χ1v) is 30.2. The number of pyridine rings is 1. The van der Waals surface area contributed by atoms with Gasteiger partial charge >= 0.3 is 0 Å². The topological polar surface area (TPSA) is 264 Å². The summed E-state index contributed by atoms with van der Waals surface area (Å²) in [6.45, 7) is 23.5. The first kappa shape index (κ1) is 73.7. The number of benzene rings is 3. The summed E-state index contributed by atoms with van der Waals surface area (Å²) in [6.07, 6.45) is 3.20. The summed E-state index contributed by atoms with van der Waals surface area (Å²) in [5.74, 6) is -0.263. The highest BCUT2D eigenvalue weighted by atomic mass is 32.2. The molecule has 4 aromatic rings. The number of nitrogens with one attached hydrogen (secondary N) is 6. The third kappa shape index (κ3) is 36.7. The number of aromatic nitrogens is 1. The van der Waals surface area contributed by atoms with Crippen LogP contribution in [0.3, 0.4) is 0 Å². The van der Waals surface area contributed by atoms with Crippen molar-refractivity contribution in [1.29, 1.82) is 0 Å². The maximum atomic E-state index is 12.9. The number of para-hydroxylation sites is 1. The van der Waals surface area contributed by atoms with Crippen LogP contribution in [0.1, 0.15) is 117 Å². The van der Waals surface area contributed by atoms with E-state index in [-0.39, 0.29) is 61.4 Å². The number of rotatable bonds is 33. The first-order chi connectivity index (χ1) is 38.4. The summed E-state index contributed by atoms with van der Waals surface area (Å²) in [5.41, 5.74) is 7.41. The SMILES string of the molecule is CC(C)C.CC(N)=O.CCCCNS(=O)N(CC(C)C)CC(O)C(Cc1ccccc1)NC(=O)CNC(=O)CN(C)C.CCCCNSN(CC(C)C)CC(O)[C@H](Cc1ccccc1)NC(=O)CNC(=O)c1ccc2ccccc2n1. The molecule has 0 radical (unpaired) electrons. The normalized spacial score (nSPS) is 13.0. The smallest absolute Gasteiger partial charge is 0.270 e. The minimum absolute atomic E-state index is 0.134. The predicted molar refractivity (Wildman–Crippen MR) is 332 cm³/mol. The van der Waals surface area contributed by atoms with Gasteiger partial charge in [-0.2, -0.15) is 0 Å². The zero-order valence-corrected chi connectivity index (χ0v) is 52.0. The Morgan fingerprint density at radius 2 is 1.12 bits per heavy atom. The predicted octanol–water partition coefficient (Wildman–Crippen LogP) is 5.80. The van der Waals surface area contributed by atoms with Crippen LogP contribution in [-0.4, -0.2) is 160 Å². The lowest BCUT2D eigenvalue weighted by molar-refractivity contribution is -0.127. The molecule has 3 aromatic carbocycles. The minimum Gasteiger partial charge on any atom is -0.390 e. The second kappa shape index (κ2) is 43.3. The van der Waals surface area contributed by atoms with Crippen molar-refractivity contribution in [2.75, 3.05) is 73.0 Å². The fourth-order valence-electron chi connectivity index (χ4n) is 7.44. The highest BCUT2D eigenvalue weighted by Gasteiger charge is 2.28. The van der Waals surface area contributed by atoms with Gasteiger partial charge in [-0.3, -0.25) is 28.7 Å². The molecule has 19 nitrogen and oxygen atoms in total. The average molecular weight is 1170 g/mol. The van der Waals surface area contributed by atoms with Crippen molar-refractivity contribution in [1.82, 2.24) is 49.2 Å². The molecule has 81 heavy (non-hydrogen) atoms. The van der Waals surface area contributed by atoms with E-state index in [1.54, 1.807) is 29.4 Å². The molecule has 5 atom stereocenters. The van der Waals surface area contributed by atoms with Crippen molar-refractivity contribution in [3.63, 3.8) is 0 Å². The molecule has 4 unspecified atom stereocenters. The minimum atomic E-state index is -1.44. The standard InChI is InChI=1S/C30H41N5O3S.C24H43N5O4S.C4H10.C2H5NO/c1-4-5-17-32-39-35(20-22(2)3)21-28(36)27(18-23-11-7-6-8-12-23)34-29(37)19-31-30(38)26-16-15-24-13-9-10-14-25(24)33-26;1-6-7-13-26-34(33)29(16-19(2)3)17-22(30)21(14-20-11-9-8-10-12-20)27-23(31)15-25-24(32)18-28(4)5;1-4(2)3;1-2(3)4/h6-16,22,27-28,32,36H,4-5,17-21H2,1-3H3,(H,31,38)(H,34,37);8-12,19,21-22,26,30H,6-7,13-18H2,1-5H3,(H,25,32)(H,27,31);4H,1-3H3;1H3,(H2,3,4)/t27-,28?;;;/m0.../s1. The summed E-state index contributed by atoms with van der Waals surface area (Å²) in [4.78, 5) is 65.4. The molecule has 0 spiro atoms. The number of amides is 5. The molecule has 1 heterocycles. The Bertz CT molecular complexity index is 2380. The van der Waals surface area contributed by atoms with Crippen molar-refractivity contribution in [2.24, 2.45) is 23.5 Å². The van der Waals surface area contributed by atoms with Crippen LogP contribution in [0.5, 0.6) is 0 Å². The van der Waals surface area contributed by atoms with Gasteiger partial charge < -0.3 is 42.1 Å². The lowest BCUT2D eigenvalue weighted by Gasteiger charge is -2.30. The van der Waals surface area contributed by atoms with E-state index in [1.807, 2.05) is 105 Å². The molecular formula is C60H99N11O8S2. The number of unbranched alkanes of at least 4 members (excludes halogenated alkanes) is 2. The van der Waals surface area contributed by atoms with Gasteiger partial charge in [-0.25, -0.2) is 22.5 Å². The van der Waals surface area contributed by atoms with E-state index >= 15 is 0 Å². The lowest BCUT2D eigenvalue weighted by atomic mass is 10.0. The highest BCUT2D eigenvalue weighted by Crippen LogP contribution is 2.16. The Labute approximate surface area is 491 Å². The van der Waals surface area contributed by atoms with Gasteiger partial charge in [0.1, 0.15) is 5.69 Å². The Morgan fingerprint density at radius 1 is 0.642 bits per heavy atom. The number of aliphatic hydroxyl groups is 2. The Morgan fingerprint density at radius 3 is 1.63 bits per heavy atom. The van der Waals surface area contributed by atoms with E-state index < -0.39 is 41.4 Å². The molecule has 0 saturated carbocycles. The van der Waals surface area contributed by atoms with E-state index in [0.29, 0.717) is 43.9 Å².